The highest BCUT2D eigenvalue weighted by molar-refractivity contribution is 14.0. The number of methoxy groups -OCH3 is 1. The number of likely N-dealkylation sites (N-methyl/N-ethyl adjacent to an activating group) is 1. The predicted octanol–water partition coefficient (Wildman–Crippen LogP) is 2.64. The second-order valence-corrected chi connectivity index (χ2v) is 4.96. The van der Waals surface area contributed by atoms with Gasteiger partial charge >= 0.3 is 0 Å². The molecule has 1 aromatic carbocycles. The van der Waals surface area contributed by atoms with E-state index in [1.54, 1.807) is 7.11 Å². The monoisotopic (exact) mass is 412 g/mol. The van der Waals surface area contributed by atoms with Gasteiger partial charge in [-0.05, 0) is 25.1 Å². The molecule has 0 atom stereocenters. The number of ether oxygens (including phenoxy) is 1. The zero-order chi connectivity index (χ0) is 14.7. The van der Waals surface area contributed by atoms with E-state index in [9.17, 15) is 0 Å². The molecule has 0 saturated carbocycles. The number of nitrogens with one attached hydrogen (secondary N) is 1. The van der Waals surface area contributed by atoms with Crippen molar-refractivity contribution < 1.29 is 4.74 Å². The number of halogens is 1. The van der Waals surface area contributed by atoms with Crippen molar-refractivity contribution in [2.24, 2.45) is 4.99 Å². The Morgan fingerprint density at radius 2 is 2.18 bits per heavy atom. The standard InChI is InChI=1S/C16H20N4O.HI/c1-3-20-10-9-18-16(20)19-11-13-14(21-2)7-6-12-5-4-8-17-15(12)13;/h4-8H,3,9-11H2,1-2H3,(H,18,19);1H. The molecule has 2 aromatic rings. The Morgan fingerprint density at radius 1 is 1.32 bits per heavy atom. The Labute approximate surface area is 147 Å². The van der Waals surface area contributed by atoms with Gasteiger partial charge in [-0.15, -0.1) is 24.0 Å². The number of pyridine rings is 1. The lowest BCUT2D eigenvalue weighted by Gasteiger charge is -2.20. The Bertz CT molecular complexity index is 674. The third-order valence-electron chi connectivity index (χ3n) is 3.79. The van der Waals surface area contributed by atoms with Gasteiger partial charge in [-0.2, -0.15) is 0 Å². The van der Waals surface area contributed by atoms with Crippen molar-refractivity contribution in [2.45, 2.75) is 13.5 Å². The molecule has 0 bridgehead atoms. The van der Waals surface area contributed by atoms with Crippen LogP contribution in [0.25, 0.3) is 10.9 Å². The summed E-state index contributed by atoms with van der Waals surface area (Å²) in [6.45, 7) is 5.62. The van der Waals surface area contributed by atoms with Crippen LogP contribution < -0.4 is 10.1 Å². The minimum Gasteiger partial charge on any atom is -0.496 e. The largest absolute Gasteiger partial charge is 0.496 e. The molecule has 0 spiro atoms. The number of aromatic nitrogens is 1. The lowest BCUT2D eigenvalue weighted by Crippen LogP contribution is -2.37. The summed E-state index contributed by atoms with van der Waals surface area (Å²) in [4.78, 5) is 11.3. The molecule has 118 valence electrons. The van der Waals surface area contributed by atoms with Crippen molar-refractivity contribution in [1.82, 2.24) is 15.2 Å². The van der Waals surface area contributed by atoms with Crippen molar-refractivity contribution in [2.75, 3.05) is 26.7 Å². The molecule has 1 aliphatic rings. The molecule has 1 aliphatic heterocycles. The van der Waals surface area contributed by atoms with Crippen LogP contribution in [0.5, 0.6) is 5.75 Å². The summed E-state index contributed by atoms with van der Waals surface area (Å²) in [5.74, 6) is 1.82. The first-order chi connectivity index (χ1) is 10.3. The average molecular weight is 412 g/mol. The molecule has 1 aromatic heterocycles. The molecule has 1 N–H and O–H groups in total. The van der Waals surface area contributed by atoms with E-state index in [0.717, 1.165) is 47.8 Å². The van der Waals surface area contributed by atoms with Gasteiger partial charge in [0.25, 0.3) is 0 Å². The van der Waals surface area contributed by atoms with Gasteiger partial charge in [-0.1, -0.05) is 6.07 Å². The molecular formula is C16H21IN4O. The van der Waals surface area contributed by atoms with E-state index in [1.807, 2.05) is 24.4 Å². The molecule has 3 rings (SSSR count). The second kappa shape index (κ2) is 7.62. The molecule has 0 fully saturated rings. The van der Waals surface area contributed by atoms with Gasteiger partial charge in [-0.3, -0.25) is 9.98 Å². The van der Waals surface area contributed by atoms with Crippen LogP contribution in [-0.4, -0.2) is 42.6 Å². The lowest BCUT2D eigenvalue weighted by atomic mass is 10.1. The quantitative estimate of drug-likeness (QED) is 0.785. The summed E-state index contributed by atoms with van der Waals surface area (Å²) >= 11 is 0. The van der Waals surface area contributed by atoms with Crippen LogP contribution in [0, 0.1) is 0 Å². The molecule has 0 radical (unpaired) electrons. The minimum absolute atomic E-state index is 0. The fourth-order valence-electron chi connectivity index (χ4n) is 2.67. The van der Waals surface area contributed by atoms with Crippen LogP contribution in [0.1, 0.15) is 12.5 Å². The number of hydrogen-bond donors (Lipinski definition) is 1. The molecule has 22 heavy (non-hydrogen) atoms. The van der Waals surface area contributed by atoms with Gasteiger partial charge < -0.3 is 15.0 Å². The van der Waals surface area contributed by atoms with Crippen LogP contribution >= 0.6 is 24.0 Å². The van der Waals surface area contributed by atoms with Gasteiger partial charge in [0.2, 0.25) is 0 Å². The molecule has 5 nitrogen and oxygen atoms in total. The van der Waals surface area contributed by atoms with Gasteiger partial charge in [0.05, 0.1) is 19.2 Å². The highest BCUT2D eigenvalue weighted by Gasteiger charge is 2.16. The van der Waals surface area contributed by atoms with E-state index >= 15 is 0 Å². The fourth-order valence-corrected chi connectivity index (χ4v) is 2.67. The molecule has 2 heterocycles. The first-order valence-corrected chi connectivity index (χ1v) is 7.27. The van der Waals surface area contributed by atoms with Gasteiger partial charge in [-0.25, -0.2) is 0 Å². The maximum atomic E-state index is 5.49. The summed E-state index contributed by atoms with van der Waals surface area (Å²) < 4.78 is 5.49. The maximum absolute atomic E-state index is 5.49. The maximum Gasteiger partial charge on any atom is 0.194 e. The van der Waals surface area contributed by atoms with Crippen molar-refractivity contribution in [3.63, 3.8) is 0 Å². The average Bonchev–Trinajstić information content (AvgIpc) is 2.99. The van der Waals surface area contributed by atoms with E-state index in [0.29, 0.717) is 6.54 Å². The van der Waals surface area contributed by atoms with Crippen molar-refractivity contribution in [3.8, 4) is 5.75 Å². The number of hydrogen-bond acceptors (Lipinski definition) is 5. The number of nitrogens with zero attached hydrogens (tertiary/aromatic N) is 3. The zero-order valence-corrected chi connectivity index (χ0v) is 15.2. The predicted molar refractivity (Wildman–Crippen MR) is 100 cm³/mol. The number of rotatable bonds is 4. The Kier molecular flexibility index (Phi) is 5.82. The number of fused-ring (bicyclic) bond motifs is 1. The van der Waals surface area contributed by atoms with Crippen LogP contribution in [-0.2, 0) is 6.54 Å². The lowest BCUT2D eigenvalue weighted by molar-refractivity contribution is 0.409. The van der Waals surface area contributed by atoms with Crippen molar-refractivity contribution >= 4 is 40.8 Å². The third kappa shape index (κ3) is 3.26. The van der Waals surface area contributed by atoms with Crippen LogP contribution in [0.3, 0.4) is 0 Å². The normalized spacial score (nSPS) is 13.7. The number of guanidine groups is 1. The summed E-state index contributed by atoms with van der Waals surface area (Å²) in [5.41, 5.74) is 2.05. The molecule has 0 aliphatic carbocycles. The SMILES string of the molecule is CCN1CCN=C1NCc1c(OC)ccc2cccnc12.I. The van der Waals surface area contributed by atoms with Gasteiger partial charge in [0.15, 0.2) is 5.96 Å². The molecule has 0 amide bonds. The van der Waals surface area contributed by atoms with Crippen LogP contribution in [0.15, 0.2) is 35.5 Å². The van der Waals surface area contributed by atoms with Gasteiger partial charge in [0.1, 0.15) is 5.75 Å². The molecular weight excluding hydrogens is 391 g/mol. The van der Waals surface area contributed by atoms with E-state index in [4.69, 9.17) is 4.74 Å². The summed E-state index contributed by atoms with van der Waals surface area (Å²) in [6.07, 6.45) is 1.82. The van der Waals surface area contributed by atoms with Crippen LogP contribution in [0.4, 0.5) is 0 Å². The summed E-state index contributed by atoms with van der Waals surface area (Å²) in [6, 6.07) is 8.05. The minimum atomic E-state index is 0. The fraction of sp³-hybridized carbons (Fsp3) is 0.375. The Hall–Kier alpha value is -1.57. The highest BCUT2D eigenvalue weighted by Crippen LogP contribution is 2.26. The van der Waals surface area contributed by atoms with Crippen molar-refractivity contribution in [1.29, 1.82) is 0 Å². The molecule has 6 heteroatoms. The first-order valence-electron chi connectivity index (χ1n) is 7.27. The topological polar surface area (TPSA) is 49.8 Å². The second-order valence-electron chi connectivity index (χ2n) is 4.96. The van der Waals surface area contributed by atoms with E-state index in [-0.39, 0.29) is 24.0 Å². The molecule has 0 saturated heterocycles. The van der Waals surface area contributed by atoms with Crippen LogP contribution in [0.2, 0.25) is 0 Å². The smallest absolute Gasteiger partial charge is 0.194 e. The zero-order valence-electron chi connectivity index (χ0n) is 12.9. The van der Waals surface area contributed by atoms with E-state index in [2.05, 4.69) is 33.2 Å². The Morgan fingerprint density at radius 3 is 2.95 bits per heavy atom. The van der Waals surface area contributed by atoms with E-state index in [1.165, 1.54) is 0 Å². The highest BCUT2D eigenvalue weighted by atomic mass is 127. The third-order valence-corrected chi connectivity index (χ3v) is 3.79. The van der Waals surface area contributed by atoms with Gasteiger partial charge in [0, 0.05) is 36.8 Å². The van der Waals surface area contributed by atoms with E-state index < -0.39 is 0 Å². The molecule has 0 unspecified atom stereocenters. The summed E-state index contributed by atoms with van der Waals surface area (Å²) in [5, 5.41) is 4.54. The van der Waals surface area contributed by atoms with Crippen molar-refractivity contribution in [3.05, 3.63) is 36.0 Å². The number of aliphatic imine (C=N–C) groups is 1. The summed E-state index contributed by atoms with van der Waals surface area (Å²) in [7, 11) is 1.69. The first kappa shape index (κ1) is 16.8. The number of benzene rings is 1. The Balaban J connectivity index is 0.00000176.